The highest BCUT2D eigenvalue weighted by atomic mass is 16.6. The molecule has 4 atom stereocenters. The summed E-state index contributed by atoms with van der Waals surface area (Å²) < 4.78 is 5.00. The average Bonchev–Trinajstić information content (AvgIpc) is 2.89. The number of aliphatic hydroxyl groups is 4. The second-order valence-electron chi connectivity index (χ2n) is 5.72. The van der Waals surface area contributed by atoms with Gasteiger partial charge in [0.05, 0.1) is 6.61 Å². The van der Waals surface area contributed by atoms with E-state index in [0.717, 1.165) is 12.8 Å². The van der Waals surface area contributed by atoms with E-state index in [4.69, 9.17) is 4.74 Å². The van der Waals surface area contributed by atoms with Crippen LogP contribution >= 0.6 is 0 Å². The van der Waals surface area contributed by atoms with Crippen molar-refractivity contribution in [2.75, 3.05) is 13.2 Å². The van der Waals surface area contributed by atoms with Crippen LogP contribution in [0.15, 0.2) is 0 Å². The Bertz CT molecular complexity index is 371. The molecule has 0 aromatic rings. The fourth-order valence-corrected chi connectivity index (χ4v) is 2.91. The van der Waals surface area contributed by atoms with Gasteiger partial charge in [-0.25, -0.2) is 0 Å². The fourth-order valence-electron chi connectivity index (χ4n) is 2.91. The number of carbonyl (C=O) groups excluding carboxylic acids is 1. The maximum atomic E-state index is 11.3. The summed E-state index contributed by atoms with van der Waals surface area (Å²) in [5, 5.41) is 51.6. The van der Waals surface area contributed by atoms with Crippen molar-refractivity contribution in [2.24, 2.45) is 0 Å². The molecule has 8 nitrogen and oxygen atoms in total. The van der Waals surface area contributed by atoms with Crippen molar-refractivity contribution < 1.29 is 40.4 Å². The number of rotatable bonds is 4. The third-order valence-electron chi connectivity index (χ3n) is 4.37. The van der Waals surface area contributed by atoms with E-state index in [0.29, 0.717) is 12.8 Å². The van der Waals surface area contributed by atoms with E-state index < -0.39 is 35.6 Å². The normalized spacial score (nSPS) is 40.7. The lowest BCUT2D eigenvalue weighted by atomic mass is 9.93. The Morgan fingerprint density at radius 3 is 2.45 bits per heavy atom. The number of hydrogen-bond donors (Lipinski definition) is 5. The molecular weight excluding hydrogens is 270 g/mol. The van der Waals surface area contributed by atoms with E-state index in [-0.39, 0.29) is 13.2 Å². The summed E-state index contributed by atoms with van der Waals surface area (Å²) in [6.07, 6.45) is -2.17. The predicted molar refractivity (Wildman–Crippen MR) is 61.9 cm³/mol. The molecule has 1 aliphatic heterocycles. The van der Waals surface area contributed by atoms with Gasteiger partial charge in [-0.05, 0) is 12.8 Å². The van der Waals surface area contributed by atoms with Gasteiger partial charge >= 0.3 is 0 Å². The van der Waals surface area contributed by atoms with Gasteiger partial charge in [0.1, 0.15) is 36.4 Å². The third-order valence-corrected chi connectivity index (χ3v) is 4.37. The monoisotopic (exact) mass is 291 g/mol. The van der Waals surface area contributed by atoms with Gasteiger partial charge in [-0.1, -0.05) is 0 Å². The van der Waals surface area contributed by atoms with Gasteiger partial charge in [-0.2, -0.15) is 0 Å². The number of carboxylic acid groups (broad SMARTS) is 1. The number of nitrogens with two attached hydrogens (primary N) is 1. The molecular formula is C12H21NO7. The number of hydrogen-bond acceptors (Lipinski definition) is 7. The van der Waals surface area contributed by atoms with Crippen LogP contribution in [0.25, 0.3) is 0 Å². The zero-order chi connectivity index (χ0) is 15.0. The highest BCUT2D eigenvalue weighted by Crippen LogP contribution is 2.27. The van der Waals surface area contributed by atoms with Crippen LogP contribution in [0.5, 0.6) is 0 Å². The molecule has 1 aliphatic carbocycles. The lowest BCUT2D eigenvalue weighted by Gasteiger charge is -2.42. The predicted octanol–water partition coefficient (Wildman–Crippen LogP) is -4.59. The molecule has 8 heteroatoms. The first-order valence-electron chi connectivity index (χ1n) is 6.77. The van der Waals surface area contributed by atoms with E-state index in [1.54, 1.807) is 0 Å². The molecule has 116 valence electrons. The molecule has 1 saturated heterocycles. The minimum Gasteiger partial charge on any atom is -0.544 e. The van der Waals surface area contributed by atoms with Crippen LogP contribution in [-0.4, -0.2) is 69.2 Å². The van der Waals surface area contributed by atoms with Crippen molar-refractivity contribution >= 4 is 5.97 Å². The molecule has 2 aliphatic rings. The maximum Gasteiger partial charge on any atom is 0.245 e. The summed E-state index contributed by atoms with van der Waals surface area (Å²) in [5.74, 6) is -3.30. The second kappa shape index (κ2) is 5.55. The van der Waals surface area contributed by atoms with Crippen LogP contribution in [0, 0.1) is 0 Å². The number of aliphatic carboxylic acids is 1. The molecule has 20 heavy (non-hydrogen) atoms. The molecule has 1 heterocycles. The van der Waals surface area contributed by atoms with E-state index in [9.17, 15) is 30.3 Å². The third kappa shape index (κ3) is 2.67. The molecule has 2 fully saturated rings. The van der Waals surface area contributed by atoms with Gasteiger partial charge in [-0.15, -0.1) is 0 Å². The Morgan fingerprint density at radius 2 is 1.90 bits per heavy atom. The number of carboxylic acids is 1. The van der Waals surface area contributed by atoms with Crippen LogP contribution in [0.2, 0.25) is 0 Å². The smallest absolute Gasteiger partial charge is 0.245 e. The summed E-state index contributed by atoms with van der Waals surface area (Å²) in [5.41, 5.74) is -1.13. The van der Waals surface area contributed by atoms with Crippen LogP contribution in [0.4, 0.5) is 0 Å². The minimum atomic E-state index is -2.09. The molecule has 0 radical (unpaired) electrons. The summed E-state index contributed by atoms with van der Waals surface area (Å²) >= 11 is 0. The van der Waals surface area contributed by atoms with Crippen molar-refractivity contribution in [2.45, 2.75) is 55.3 Å². The Hall–Kier alpha value is -0.770. The lowest BCUT2D eigenvalue weighted by molar-refractivity contribution is -0.738. The highest BCUT2D eigenvalue weighted by Gasteiger charge is 2.52. The second-order valence-corrected chi connectivity index (χ2v) is 5.72. The maximum absolute atomic E-state index is 11.3. The summed E-state index contributed by atoms with van der Waals surface area (Å²) in [6, 6.07) is 0. The van der Waals surface area contributed by atoms with E-state index in [1.807, 2.05) is 0 Å². The average molecular weight is 291 g/mol. The quantitative estimate of drug-likeness (QED) is 0.350. The van der Waals surface area contributed by atoms with Crippen LogP contribution in [0.1, 0.15) is 25.7 Å². The first-order chi connectivity index (χ1) is 9.31. The van der Waals surface area contributed by atoms with Gasteiger partial charge < -0.3 is 40.4 Å². The van der Waals surface area contributed by atoms with Crippen molar-refractivity contribution in [3.8, 4) is 0 Å². The number of quaternary nitrogens is 1. The van der Waals surface area contributed by atoms with E-state index in [2.05, 4.69) is 0 Å². The summed E-state index contributed by atoms with van der Waals surface area (Å²) in [6.45, 7) is -0.590. The van der Waals surface area contributed by atoms with Gasteiger partial charge in [0, 0.05) is 12.8 Å². The molecule has 0 aromatic carbocycles. The van der Waals surface area contributed by atoms with Crippen LogP contribution < -0.4 is 10.4 Å². The molecule has 1 saturated carbocycles. The van der Waals surface area contributed by atoms with E-state index in [1.165, 1.54) is 5.32 Å². The van der Waals surface area contributed by atoms with Crippen molar-refractivity contribution in [3.63, 3.8) is 0 Å². The highest BCUT2D eigenvalue weighted by molar-refractivity contribution is 5.74. The van der Waals surface area contributed by atoms with Crippen molar-refractivity contribution in [1.29, 1.82) is 0 Å². The number of aliphatic hydroxyl groups excluding tert-OH is 3. The lowest BCUT2D eigenvalue weighted by Crippen LogP contribution is -3.02. The minimum absolute atomic E-state index is 0.258. The zero-order valence-electron chi connectivity index (χ0n) is 11.1. The summed E-state index contributed by atoms with van der Waals surface area (Å²) in [4.78, 5) is 11.3. The van der Waals surface area contributed by atoms with Gasteiger partial charge in [0.15, 0.2) is 0 Å². The van der Waals surface area contributed by atoms with Gasteiger partial charge in [-0.3, -0.25) is 0 Å². The molecule has 0 bridgehead atoms. The molecule has 2 rings (SSSR count). The molecule has 6 N–H and O–H groups in total. The van der Waals surface area contributed by atoms with Crippen LogP contribution in [-0.2, 0) is 9.53 Å². The Kier molecular flexibility index (Phi) is 4.33. The van der Waals surface area contributed by atoms with Crippen molar-refractivity contribution in [3.05, 3.63) is 0 Å². The molecule has 0 spiro atoms. The Morgan fingerprint density at radius 1 is 1.30 bits per heavy atom. The number of ether oxygens (including phenoxy) is 1. The van der Waals surface area contributed by atoms with Gasteiger partial charge in [0.2, 0.25) is 5.79 Å². The molecule has 0 unspecified atom stereocenters. The van der Waals surface area contributed by atoms with E-state index >= 15 is 0 Å². The van der Waals surface area contributed by atoms with Crippen LogP contribution in [0.3, 0.4) is 0 Å². The first-order valence-corrected chi connectivity index (χ1v) is 6.77. The Balaban J connectivity index is 2.03. The standard InChI is InChI=1S/C12H21NO7/c14-7-5-20-12(19,9(16)8(7)15)6-13-11(10(17)18)3-1-2-4-11/h7-9,13-16,19H,1-6H2,(H,17,18)/t7-,8-,9+,12-/m1/s1. The van der Waals surface area contributed by atoms with Crippen molar-refractivity contribution in [1.82, 2.24) is 0 Å². The summed E-state index contributed by atoms with van der Waals surface area (Å²) in [7, 11) is 0. The molecule has 0 amide bonds. The first kappa shape index (κ1) is 15.6. The SMILES string of the molecule is O=C([O-])C1([NH2+]C[C@@]2(O)OC[C@@H](O)[C@@H](O)[C@@H]2O)CCCC1. The Labute approximate surface area is 116 Å². The fraction of sp³-hybridized carbons (Fsp3) is 0.917. The molecule has 0 aromatic heterocycles. The zero-order valence-corrected chi connectivity index (χ0v) is 11.1. The number of carbonyl (C=O) groups is 1. The largest absolute Gasteiger partial charge is 0.544 e. The van der Waals surface area contributed by atoms with Gasteiger partial charge in [0.25, 0.3) is 0 Å². The topological polar surface area (TPSA) is 147 Å².